The van der Waals surface area contributed by atoms with Gasteiger partial charge in [0.1, 0.15) is 0 Å². The predicted octanol–water partition coefficient (Wildman–Crippen LogP) is 1.64. The number of hydrogen-bond acceptors (Lipinski definition) is 2. The van der Waals surface area contributed by atoms with E-state index in [1.54, 1.807) is 4.90 Å². The van der Waals surface area contributed by atoms with Crippen LogP contribution in [0, 0.1) is 6.92 Å². The van der Waals surface area contributed by atoms with Crippen molar-refractivity contribution in [2.24, 2.45) is 4.99 Å². The largest absolute Gasteiger partial charge is 0.312 e. The molecular weight excluding hydrogens is 188 g/mol. The molecular formula is C12H12N2O. The molecule has 0 aliphatic carbocycles. The Balaban J connectivity index is 2.26. The second-order valence-corrected chi connectivity index (χ2v) is 4.29. The van der Waals surface area contributed by atoms with E-state index in [2.05, 4.69) is 11.1 Å². The first-order valence-corrected chi connectivity index (χ1v) is 5.03. The zero-order valence-electron chi connectivity index (χ0n) is 9.03. The first kappa shape index (κ1) is 8.65. The number of carbonyl (C=O) groups excluding carboxylic acids is 1. The van der Waals surface area contributed by atoms with Crippen LogP contribution in [0.3, 0.4) is 0 Å². The minimum atomic E-state index is -0.615. The summed E-state index contributed by atoms with van der Waals surface area (Å²) in [5.74, 6) is 0.0839. The van der Waals surface area contributed by atoms with Gasteiger partial charge < -0.3 is 4.90 Å². The number of benzene rings is 1. The van der Waals surface area contributed by atoms with Crippen LogP contribution in [-0.4, -0.2) is 18.7 Å². The molecule has 2 heterocycles. The number of rotatable bonds is 0. The van der Waals surface area contributed by atoms with Crippen LogP contribution in [-0.2, 0) is 10.3 Å². The molecule has 1 atom stereocenters. The average molecular weight is 200 g/mol. The van der Waals surface area contributed by atoms with Crippen LogP contribution in [0.4, 0.5) is 5.69 Å². The molecule has 3 heteroatoms. The summed E-state index contributed by atoms with van der Waals surface area (Å²) >= 11 is 0. The smallest absolute Gasteiger partial charge is 0.265 e. The number of aryl methyl sites for hydroxylation is 1. The van der Waals surface area contributed by atoms with Crippen LogP contribution in [0.15, 0.2) is 23.2 Å². The van der Waals surface area contributed by atoms with Crippen molar-refractivity contribution in [2.45, 2.75) is 19.4 Å². The van der Waals surface area contributed by atoms with E-state index in [0.29, 0.717) is 0 Å². The summed E-state index contributed by atoms with van der Waals surface area (Å²) in [7, 11) is 1.81. The highest BCUT2D eigenvalue weighted by Crippen LogP contribution is 2.50. The lowest BCUT2D eigenvalue weighted by atomic mass is 9.94. The van der Waals surface area contributed by atoms with Gasteiger partial charge in [-0.15, -0.1) is 0 Å². The third-order valence-corrected chi connectivity index (χ3v) is 3.33. The number of hydrogen-bond donors (Lipinski definition) is 0. The van der Waals surface area contributed by atoms with Crippen LogP contribution < -0.4 is 4.90 Å². The molecule has 15 heavy (non-hydrogen) atoms. The molecule has 1 unspecified atom stereocenters. The van der Waals surface area contributed by atoms with Crippen molar-refractivity contribution in [1.29, 1.82) is 0 Å². The van der Waals surface area contributed by atoms with Gasteiger partial charge in [0.2, 0.25) is 5.54 Å². The van der Waals surface area contributed by atoms with Crippen LogP contribution >= 0.6 is 0 Å². The molecule has 1 aromatic carbocycles. The van der Waals surface area contributed by atoms with Gasteiger partial charge >= 0.3 is 0 Å². The molecule has 0 fully saturated rings. The maximum Gasteiger partial charge on any atom is 0.265 e. The molecule has 1 amide bonds. The van der Waals surface area contributed by atoms with Crippen molar-refractivity contribution in [1.82, 2.24) is 0 Å². The number of amides is 1. The van der Waals surface area contributed by atoms with E-state index in [1.807, 2.05) is 33.0 Å². The highest BCUT2D eigenvalue weighted by molar-refractivity contribution is 6.29. The third kappa shape index (κ3) is 0.814. The lowest BCUT2D eigenvalue weighted by Gasteiger charge is -2.09. The molecule has 76 valence electrons. The Hall–Kier alpha value is -1.64. The lowest BCUT2D eigenvalue weighted by Crippen LogP contribution is -2.31. The second-order valence-electron chi connectivity index (χ2n) is 4.29. The normalized spacial score (nSPS) is 27.0. The highest BCUT2D eigenvalue weighted by atomic mass is 16.2. The fraction of sp³-hybridized carbons (Fsp3) is 0.333. The van der Waals surface area contributed by atoms with E-state index in [9.17, 15) is 4.79 Å². The van der Waals surface area contributed by atoms with Gasteiger partial charge in [-0.05, 0) is 19.9 Å². The van der Waals surface area contributed by atoms with Gasteiger partial charge in [-0.2, -0.15) is 0 Å². The molecule has 3 rings (SSSR count). The van der Waals surface area contributed by atoms with Crippen molar-refractivity contribution < 1.29 is 4.79 Å². The molecule has 2 aliphatic rings. The Morgan fingerprint density at radius 3 is 2.60 bits per heavy atom. The van der Waals surface area contributed by atoms with Crippen LogP contribution in [0.2, 0.25) is 0 Å². The Morgan fingerprint density at radius 2 is 2.00 bits per heavy atom. The summed E-state index contributed by atoms with van der Waals surface area (Å²) in [4.78, 5) is 18.1. The zero-order valence-corrected chi connectivity index (χ0v) is 9.03. The number of carbonyl (C=O) groups is 1. The van der Waals surface area contributed by atoms with Crippen molar-refractivity contribution in [2.75, 3.05) is 11.9 Å². The van der Waals surface area contributed by atoms with Gasteiger partial charge in [0.25, 0.3) is 5.91 Å². The Morgan fingerprint density at radius 1 is 1.33 bits per heavy atom. The van der Waals surface area contributed by atoms with Gasteiger partial charge in [0.15, 0.2) is 0 Å². The van der Waals surface area contributed by atoms with E-state index in [-0.39, 0.29) is 5.91 Å². The van der Waals surface area contributed by atoms with Crippen molar-refractivity contribution in [3.8, 4) is 0 Å². The monoisotopic (exact) mass is 200 g/mol. The predicted molar refractivity (Wildman–Crippen MR) is 59.4 cm³/mol. The minimum absolute atomic E-state index is 0.0839. The molecule has 1 aromatic rings. The van der Waals surface area contributed by atoms with E-state index >= 15 is 0 Å². The summed E-state index contributed by atoms with van der Waals surface area (Å²) in [5.41, 5.74) is 3.53. The van der Waals surface area contributed by atoms with Crippen LogP contribution in [0.5, 0.6) is 0 Å². The molecule has 0 aromatic heterocycles. The summed E-state index contributed by atoms with van der Waals surface area (Å²) in [6.45, 7) is 3.96. The van der Waals surface area contributed by atoms with Gasteiger partial charge in [0, 0.05) is 18.3 Å². The van der Waals surface area contributed by atoms with E-state index < -0.39 is 5.54 Å². The molecule has 0 saturated carbocycles. The second kappa shape index (κ2) is 2.30. The fourth-order valence-electron chi connectivity index (χ4n) is 2.38. The molecule has 0 radical (unpaired) electrons. The van der Waals surface area contributed by atoms with E-state index in [0.717, 1.165) is 17.0 Å². The maximum absolute atomic E-state index is 12.1. The Labute approximate surface area is 88.4 Å². The van der Waals surface area contributed by atoms with E-state index in [1.165, 1.54) is 5.56 Å². The Kier molecular flexibility index (Phi) is 1.32. The lowest BCUT2D eigenvalue weighted by molar-refractivity contribution is -0.119. The fourth-order valence-corrected chi connectivity index (χ4v) is 2.38. The van der Waals surface area contributed by atoms with Gasteiger partial charge in [-0.25, -0.2) is 0 Å². The van der Waals surface area contributed by atoms with Crippen LogP contribution in [0.1, 0.15) is 18.1 Å². The summed E-state index contributed by atoms with van der Waals surface area (Å²) in [6, 6.07) is 6.09. The Bertz CT molecular complexity index is 518. The van der Waals surface area contributed by atoms with E-state index in [4.69, 9.17) is 0 Å². The number of aliphatic imine (C=N–C) groups is 1. The first-order valence-electron chi connectivity index (χ1n) is 5.03. The standard InChI is InChI=1S/C12H12N2O/c1-7-4-5-10-9(6-7)12(8(2)13-12)11(15)14(10)3/h4-6H,1-3H3. The molecule has 3 nitrogen and oxygen atoms in total. The van der Waals surface area contributed by atoms with Crippen LogP contribution in [0.25, 0.3) is 0 Å². The maximum atomic E-state index is 12.1. The quantitative estimate of drug-likeness (QED) is 0.626. The number of anilines is 1. The minimum Gasteiger partial charge on any atom is -0.312 e. The summed E-state index contributed by atoms with van der Waals surface area (Å²) in [6.07, 6.45) is 0. The number of likely N-dealkylation sites (N-methyl/N-ethyl adjacent to an activating group) is 1. The molecule has 1 spiro atoms. The van der Waals surface area contributed by atoms with Crippen molar-refractivity contribution in [3.63, 3.8) is 0 Å². The van der Waals surface area contributed by atoms with Gasteiger partial charge in [-0.3, -0.25) is 9.79 Å². The number of fused-ring (bicyclic) bond motifs is 2. The molecule has 0 bridgehead atoms. The van der Waals surface area contributed by atoms with Crippen molar-refractivity contribution >= 4 is 17.3 Å². The van der Waals surface area contributed by atoms with Gasteiger partial charge in [-0.1, -0.05) is 17.7 Å². The molecule has 2 aliphatic heterocycles. The summed E-state index contributed by atoms with van der Waals surface area (Å²) in [5, 5.41) is 0. The van der Waals surface area contributed by atoms with Crippen molar-refractivity contribution in [3.05, 3.63) is 29.3 Å². The average Bonchev–Trinajstić information content (AvgIpc) is 2.84. The van der Waals surface area contributed by atoms with Gasteiger partial charge in [0.05, 0.1) is 5.71 Å². The third-order valence-electron chi connectivity index (χ3n) is 3.33. The highest BCUT2D eigenvalue weighted by Gasteiger charge is 2.60. The summed E-state index contributed by atoms with van der Waals surface area (Å²) < 4.78 is 0. The topological polar surface area (TPSA) is 32.7 Å². The SMILES string of the molecule is CC1=NC12C(=O)N(C)c1ccc(C)cc12. The zero-order chi connectivity index (χ0) is 10.8. The molecule has 0 saturated heterocycles. The molecule has 0 N–H and O–H groups in total. The number of nitrogens with zero attached hydrogens (tertiary/aromatic N) is 2. The first-order chi connectivity index (χ1) is 7.07.